The van der Waals surface area contributed by atoms with Gasteiger partial charge in [0.15, 0.2) is 0 Å². The lowest BCUT2D eigenvalue weighted by molar-refractivity contribution is -0.120. The lowest BCUT2D eigenvalue weighted by atomic mass is 9.83. The van der Waals surface area contributed by atoms with Gasteiger partial charge in [-0.25, -0.2) is 8.42 Å². The number of carbonyl (C=O) groups excluding carboxylic acids is 1. The fourth-order valence-corrected chi connectivity index (χ4v) is 3.61. The van der Waals surface area contributed by atoms with Gasteiger partial charge in [-0.2, -0.15) is 5.26 Å². The fraction of sp³-hybridized carbons (Fsp3) is 0.304. The summed E-state index contributed by atoms with van der Waals surface area (Å²) in [4.78, 5) is 12.9. The average Bonchev–Trinajstić information content (AvgIpc) is 2.76. The number of amides is 1. The van der Waals surface area contributed by atoms with Crippen molar-refractivity contribution in [1.82, 2.24) is 0 Å². The molecule has 0 aliphatic rings. The Morgan fingerprint density at radius 3 is 2.32 bits per heavy atom. The first kappa shape index (κ1) is 24.3. The van der Waals surface area contributed by atoms with E-state index in [4.69, 9.17) is 14.7 Å². The maximum atomic E-state index is 12.9. The molecule has 2 rings (SSSR count). The second-order valence-corrected chi connectivity index (χ2v) is 9.16. The van der Waals surface area contributed by atoms with Gasteiger partial charge in [0.2, 0.25) is 15.7 Å². The Hall–Kier alpha value is -2.99. The molecule has 2 aromatic carbocycles. The van der Waals surface area contributed by atoms with Gasteiger partial charge in [-0.3, -0.25) is 4.79 Å². The van der Waals surface area contributed by atoms with Gasteiger partial charge < -0.3 is 14.8 Å². The average molecular weight is 443 g/mol. The first-order chi connectivity index (χ1) is 14.7. The van der Waals surface area contributed by atoms with Crippen LogP contribution in [-0.2, 0) is 36.1 Å². The first-order valence-corrected chi connectivity index (χ1v) is 11.1. The number of hydrogen-bond donors (Lipinski definition) is 1. The minimum atomic E-state index is -3.69. The topological polar surface area (TPSA) is 105 Å². The number of sulfone groups is 1. The van der Waals surface area contributed by atoms with Crippen molar-refractivity contribution in [3.8, 4) is 6.07 Å². The molecule has 31 heavy (non-hydrogen) atoms. The van der Waals surface area contributed by atoms with Gasteiger partial charge in [-0.15, -0.1) is 0 Å². The Kier molecular flexibility index (Phi) is 8.51. The van der Waals surface area contributed by atoms with Gasteiger partial charge in [0.1, 0.15) is 0 Å². The molecule has 0 unspecified atom stereocenters. The summed E-state index contributed by atoms with van der Waals surface area (Å²) in [5.41, 5.74) is 1.40. The third-order valence-electron chi connectivity index (χ3n) is 4.71. The van der Waals surface area contributed by atoms with Crippen LogP contribution in [0.15, 0.2) is 64.9 Å². The SMILES string of the molecule is COCCOCc1ccc(NC(=O)C(C)(C)c2ccc(S(=O)(=O)/C=C/C#N)cc2)cc1. The predicted octanol–water partition coefficient (Wildman–Crippen LogP) is 3.58. The van der Waals surface area contributed by atoms with Crippen molar-refractivity contribution in [3.05, 3.63) is 71.1 Å². The molecule has 2 aromatic rings. The van der Waals surface area contributed by atoms with Crippen molar-refractivity contribution in [2.24, 2.45) is 0 Å². The van der Waals surface area contributed by atoms with E-state index in [1.807, 2.05) is 12.1 Å². The van der Waals surface area contributed by atoms with Crippen LogP contribution < -0.4 is 5.32 Å². The molecule has 164 valence electrons. The van der Waals surface area contributed by atoms with Crippen molar-refractivity contribution in [2.75, 3.05) is 25.6 Å². The van der Waals surface area contributed by atoms with Crippen molar-refractivity contribution in [1.29, 1.82) is 5.26 Å². The van der Waals surface area contributed by atoms with E-state index >= 15 is 0 Å². The molecule has 0 bridgehead atoms. The maximum absolute atomic E-state index is 12.9. The van der Waals surface area contributed by atoms with Crippen LogP contribution in [0.2, 0.25) is 0 Å². The van der Waals surface area contributed by atoms with Crippen LogP contribution in [0.5, 0.6) is 0 Å². The van der Waals surface area contributed by atoms with E-state index in [0.717, 1.165) is 17.0 Å². The number of rotatable bonds is 10. The quantitative estimate of drug-likeness (QED) is 0.445. The van der Waals surface area contributed by atoms with E-state index in [0.29, 0.717) is 31.1 Å². The second kappa shape index (κ2) is 10.9. The second-order valence-electron chi connectivity index (χ2n) is 7.32. The van der Waals surface area contributed by atoms with E-state index in [1.165, 1.54) is 12.1 Å². The number of carbonyl (C=O) groups is 1. The van der Waals surface area contributed by atoms with Crippen molar-refractivity contribution in [2.45, 2.75) is 30.8 Å². The molecule has 0 aliphatic carbocycles. The van der Waals surface area contributed by atoms with E-state index in [9.17, 15) is 13.2 Å². The first-order valence-electron chi connectivity index (χ1n) is 9.59. The summed E-state index contributed by atoms with van der Waals surface area (Å²) in [6.45, 7) is 5.03. The number of anilines is 1. The minimum absolute atomic E-state index is 0.0577. The zero-order valence-electron chi connectivity index (χ0n) is 17.8. The smallest absolute Gasteiger partial charge is 0.234 e. The summed E-state index contributed by atoms with van der Waals surface area (Å²) in [6, 6.07) is 15.1. The van der Waals surface area contributed by atoms with Crippen LogP contribution in [0, 0.1) is 11.3 Å². The minimum Gasteiger partial charge on any atom is -0.382 e. The molecule has 0 aromatic heterocycles. The Labute approximate surface area is 183 Å². The number of methoxy groups -OCH3 is 1. The Morgan fingerprint density at radius 1 is 1.10 bits per heavy atom. The lowest BCUT2D eigenvalue weighted by Gasteiger charge is -2.24. The summed E-state index contributed by atoms with van der Waals surface area (Å²) >= 11 is 0. The van der Waals surface area contributed by atoms with Crippen LogP contribution in [0.1, 0.15) is 25.0 Å². The standard InChI is InChI=1S/C23H26N2O5S/c1-23(2,19-7-11-21(12-8-19)31(27,28)16-4-13-24)22(26)25-20-9-5-18(6-10-20)17-30-15-14-29-3/h4-12,16H,14-15,17H2,1-3H3,(H,25,26)/b16-4+. The Bertz CT molecular complexity index is 1050. The molecule has 1 N–H and O–H groups in total. The molecule has 0 radical (unpaired) electrons. The predicted molar refractivity (Wildman–Crippen MR) is 118 cm³/mol. The number of hydrogen-bond acceptors (Lipinski definition) is 6. The lowest BCUT2D eigenvalue weighted by Crippen LogP contribution is -2.34. The molecule has 0 saturated heterocycles. The van der Waals surface area contributed by atoms with Crippen LogP contribution in [0.4, 0.5) is 5.69 Å². The number of benzene rings is 2. The Morgan fingerprint density at radius 2 is 1.74 bits per heavy atom. The van der Waals surface area contributed by atoms with Crippen molar-refractivity contribution >= 4 is 21.4 Å². The van der Waals surface area contributed by atoms with Crippen LogP contribution >= 0.6 is 0 Å². The molecule has 0 spiro atoms. The zero-order chi connectivity index (χ0) is 22.9. The molecule has 0 fully saturated rings. The summed E-state index contributed by atoms with van der Waals surface area (Å²) in [5.74, 6) is -0.225. The third kappa shape index (κ3) is 6.76. The summed E-state index contributed by atoms with van der Waals surface area (Å²) in [5, 5.41) is 12.3. The number of allylic oxidation sites excluding steroid dienone is 1. The third-order valence-corrected chi connectivity index (χ3v) is 6.13. The van der Waals surface area contributed by atoms with E-state index in [2.05, 4.69) is 5.32 Å². The molecule has 8 heteroatoms. The highest BCUT2D eigenvalue weighted by Gasteiger charge is 2.30. The molecule has 0 saturated carbocycles. The molecule has 7 nitrogen and oxygen atoms in total. The molecule has 0 heterocycles. The normalized spacial score (nSPS) is 11.9. The highest BCUT2D eigenvalue weighted by atomic mass is 32.2. The monoisotopic (exact) mass is 442 g/mol. The Balaban J connectivity index is 2.06. The van der Waals surface area contributed by atoms with Gasteiger partial charge in [0, 0.05) is 24.3 Å². The highest BCUT2D eigenvalue weighted by molar-refractivity contribution is 7.94. The van der Waals surface area contributed by atoms with Crippen LogP contribution in [-0.4, -0.2) is 34.6 Å². The molecule has 0 atom stereocenters. The number of ether oxygens (including phenoxy) is 2. The van der Waals surface area contributed by atoms with Crippen LogP contribution in [0.3, 0.4) is 0 Å². The van der Waals surface area contributed by atoms with Crippen molar-refractivity contribution in [3.63, 3.8) is 0 Å². The summed E-state index contributed by atoms with van der Waals surface area (Å²) in [6.07, 6.45) is 0.914. The number of nitrogens with zero attached hydrogens (tertiary/aromatic N) is 1. The number of nitriles is 1. The summed E-state index contributed by atoms with van der Waals surface area (Å²) < 4.78 is 34.6. The summed E-state index contributed by atoms with van der Waals surface area (Å²) in [7, 11) is -2.07. The van der Waals surface area contributed by atoms with Crippen molar-refractivity contribution < 1.29 is 22.7 Å². The zero-order valence-corrected chi connectivity index (χ0v) is 18.6. The van der Waals surface area contributed by atoms with Gasteiger partial charge in [-0.05, 0) is 49.2 Å². The maximum Gasteiger partial charge on any atom is 0.234 e. The van der Waals surface area contributed by atoms with Crippen LogP contribution in [0.25, 0.3) is 0 Å². The van der Waals surface area contributed by atoms with Gasteiger partial charge in [0.05, 0.1) is 36.2 Å². The van der Waals surface area contributed by atoms with Gasteiger partial charge in [-0.1, -0.05) is 24.3 Å². The largest absolute Gasteiger partial charge is 0.382 e. The molecule has 0 aliphatic heterocycles. The molecule has 1 amide bonds. The van der Waals surface area contributed by atoms with Gasteiger partial charge >= 0.3 is 0 Å². The molecular weight excluding hydrogens is 416 g/mol. The number of nitrogens with one attached hydrogen (secondary N) is 1. The van der Waals surface area contributed by atoms with E-state index < -0.39 is 15.3 Å². The fourth-order valence-electron chi connectivity index (χ4n) is 2.69. The molecular formula is C23H26N2O5S. The highest BCUT2D eigenvalue weighted by Crippen LogP contribution is 2.27. The van der Waals surface area contributed by atoms with Gasteiger partial charge in [0.25, 0.3) is 0 Å². The van der Waals surface area contributed by atoms with E-state index in [1.54, 1.807) is 51.3 Å². The van der Waals surface area contributed by atoms with E-state index in [-0.39, 0.29) is 10.8 Å².